The second-order valence-corrected chi connectivity index (χ2v) is 17.1. The molecule has 286 valence electrons. The lowest BCUT2D eigenvalue weighted by Gasteiger charge is -2.48. The van der Waals surface area contributed by atoms with Crippen LogP contribution >= 0.6 is 58.8 Å². The second-order valence-electron chi connectivity index (χ2n) is 14.4. The van der Waals surface area contributed by atoms with Gasteiger partial charge in [0, 0.05) is 31.2 Å². The molecule has 6 rings (SSSR count). The highest BCUT2D eigenvalue weighted by molar-refractivity contribution is 6.68. The van der Waals surface area contributed by atoms with E-state index in [9.17, 15) is 9.59 Å². The van der Waals surface area contributed by atoms with Gasteiger partial charge in [-0.15, -0.1) is 12.4 Å². The highest BCUT2D eigenvalue weighted by atomic mass is 35.6. The number of carbonyl (C=O) groups is 2. The molecule has 2 unspecified atom stereocenters. The van der Waals surface area contributed by atoms with Crippen molar-refractivity contribution in [3.63, 3.8) is 0 Å². The summed E-state index contributed by atoms with van der Waals surface area (Å²) < 4.78 is 15.9. The molecule has 2 atom stereocenters. The van der Waals surface area contributed by atoms with E-state index in [1.54, 1.807) is 18.7 Å². The van der Waals surface area contributed by atoms with Gasteiger partial charge in [0.1, 0.15) is 24.7 Å². The van der Waals surface area contributed by atoms with E-state index in [4.69, 9.17) is 60.6 Å². The number of nitrogens with one attached hydrogen (secondary N) is 1. The lowest BCUT2D eigenvalue weighted by atomic mass is 9.82. The Morgan fingerprint density at radius 3 is 2.23 bits per heavy atom. The summed E-state index contributed by atoms with van der Waals surface area (Å²) in [7, 11) is 0. The zero-order valence-electron chi connectivity index (χ0n) is 30.5. The number of halogens is 5. The summed E-state index contributed by atoms with van der Waals surface area (Å²) in [6.45, 7) is 11.2. The molecule has 2 amide bonds. The first-order valence-electron chi connectivity index (χ1n) is 17.6. The third kappa shape index (κ3) is 9.34. The van der Waals surface area contributed by atoms with E-state index in [1.807, 2.05) is 67.3 Å². The molecule has 0 aromatic heterocycles. The van der Waals surface area contributed by atoms with E-state index in [1.165, 1.54) is 0 Å². The molecule has 1 aliphatic carbocycles. The fourth-order valence-corrected chi connectivity index (χ4v) is 7.14. The smallest absolute Gasteiger partial charge is 0.411 e. The Hall–Kier alpha value is -2.85. The van der Waals surface area contributed by atoms with Gasteiger partial charge < -0.3 is 24.4 Å². The Morgan fingerprint density at radius 2 is 1.57 bits per heavy atom. The molecule has 8 nitrogen and oxygen atoms in total. The number of ether oxygens (including phenoxy) is 3. The van der Waals surface area contributed by atoms with Crippen LogP contribution in [0.4, 0.5) is 4.79 Å². The van der Waals surface area contributed by atoms with Gasteiger partial charge in [0.25, 0.3) is 5.91 Å². The average molecular weight is 826 g/mol. The van der Waals surface area contributed by atoms with E-state index in [-0.39, 0.29) is 30.4 Å². The van der Waals surface area contributed by atoms with Gasteiger partial charge in [0.2, 0.25) is 3.79 Å². The first-order chi connectivity index (χ1) is 24.6. The molecule has 2 heterocycles. The number of benzene rings is 3. The number of carbonyl (C=O) groups excluding carboxylic acids is 2. The second kappa shape index (κ2) is 16.9. The van der Waals surface area contributed by atoms with E-state index >= 15 is 0 Å². The van der Waals surface area contributed by atoms with Crippen molar-refractivity contribution in [2.75, 3.05) is 26.3 Å². The number of rotatable bonds is 11. The van der Waals surface area contributed by atoms with Gasteiger partial charge in [-0.05, 0) is 112 Å². The van der Waals surface area contributed by atoms with Gasteiger partial charge in [-0.25, -0.2) is 4.79 Å². The minimum atomic E-state index is -1.86. The molecular formula is C40H46Cl5N3O5. The largest absolute Gasteiger partial charge is 0.490 e. The summed E-state index contributed by atoms with van der Waals surface area (Å²) in [5, 5.41) is 4.02. The van der Waals surface area contributed by atoms with Gasteiger partial charge >= 0.3 is 6.09 Å². The van der Waals surface area contributed by atoms with Gasteiger partial charge in [-0.3, -0.25) is 9.69 Å². The molecule has 13 heteroatoms. The van der Waals surface area contributed by atoms with Gasteiger partial charge in [-0.1, -0.05) is 82.8 Å². The number of nitrogens with zero attached hydrogens (tertiary/aromatic N) is 2. The van der Waals surface area contributed by atoms with Crippen molar-refractivity contribution in [1.29, 1.82) is 0 Å². The predicted molar refractivity (Wildman–Crippen MR) is 215 cm³/mol. The zero-order chi connectivity index (χ0) is 37.4. The Kier molecular flexibility index (Phi) is 13.2. The Morgan fingerprint density at radius 1 is 0.906 bits per heavy atom. The average Bonchev–Trinajstić information content (AvgIpc) is 3.93. The van der Waals surface area contributed by atoms with E-state index in [2.05, 4.69) is 24.4 Å². The number of amides is 2. The molecule has 1 N–H and O–H groups in total. The summed E-state index contributed by atoms with van der Waals surface area (Å²) in [4.78, 5) is 32.6. The maximum atomic E-state index is 15.0. The lowest BCUT2D eigenvalue weighted by Crippen LogP contribution is -2.64. The van der Waals surface area contributed by atoms with Crippen LogP contribution in [0, 0.1) is 20.8 Å². The molecule has 2 aliphatic heterocycles. The Balaban J connectivity index is 0.00000541. The number of hydrogen-bond acceptors (Lipinski definition) is 6. The number of alkyl halides is 3. The van der Waals surface area contributed by atoms with Crippen LogP contribution in [0.15, 0.2) is 66.2 Å². The van der Waals surface area contributed by atoms with E-state index < -0.39 is 21.5 Å². The molecule has 3 aromatic rings. The third-order valence-electron chi connectivity index (χ3n) is 10.2. The van der Waals surface area contributed by atoms with Crippen molar-refractivity contribution in [3.8, 4) is 11.5 Å². The van der Waals surface area contributed by atoms with Gasteiger partial charge in [0.05, 0.1) is 17.1 Å². The van der Waals surface area contributed by atoms with E-state index in [0.29, 0.717) is 61.4 Å². The Bertz CT molecular complexity index is 1840. The van der Waals surface area contributed by atoms with Crippen LogP contribution in [0.5, 0.6) is 11.5 Å². The summed E-state index contributed by atoms with van der Waals surface area (Å²) in [5.74, 6) is 1.21. The minimum Gasteiger partial charge on any atom is -0.490 e. The lowest BCUT2D eigenvalue weighted by molar-refractivity contribution is -0.129. The maximum Gasteiger partial charge on any atom is 0.411 e. The van der Waals surface area contributed by atoms with Crippen LogP contribution in [0.1, 0.15) is 60.9 Å². The fourth-order valence-electron chi connectivity index (χ4n) is 6.75. The number of aryl methyl sites for hydroxylation is 3. The quantitative estimate of drug-likeness (QED) is 0.153. The topological polar surface area (TPSA) is 80.3 Å². The normalized spacial score (nSPS) is 18.6. The fraction of sp³-hybridized carbons (Fsp3) is 0.450. The Labute approximate surface area is 338 Å². The molecule has 3 aliphatic rings. The molecule has 0 spiro atoms. The molecular weight excluding hydrogens is 780 g/mol. The van der Waals surface area contributed by atoms with Crippen LogP contribution in [0.2, 0.25) is 5.02 Å². The van der Waals surface area contributed by atoms with Crippen molar-refractivity contribution in [2.45, 2.75) is 87.9 Å². The molecule has 2 fully saturated rings. The molecule has 2 bridgehead atoms. The van der Waals surface area contributed by atoms with Crippen molar-refractivity contribution in [1.82, 2.24) is 15.1 Å². The minimum absolute atomic E-state index is 0. The highest BCUT2D eigenvalue weighted by Crippen LogP contribution is 2.44. The van der Waals surface area contributed by atoms with Crippen molar-refractivity contribution in [2.24, 2.45) is 0 Å². The summed E-state index contributed by atoms with van der Waals surface area (Å²) in [6.07, 6.45) is 1.67. The number of hydrogen-bond donors (Lipinski definition) is 1. The van der Waals surface area contributed by atoms with Crippen LogP contribution in [-0.4, -0.2) is 75.6 Å². The SMILES string of the molecule is Cc1cc(Cl)c(OCCOc2ccc(C3=C(C(=O)N(Cc4ccccc4C)C4CC4)C4CNCC(C3)N4C(=O)OC(C)(C)C(Cl)(Cl)Cl)cc2)cc1C.Cl. The van der Waals surface area contributed by atoms with Crippen LogP contribution in [0.25, 0.3) is 5.57 Å². The van der Waals surface area contributed by atoms with Gasteiger partial charge in [0.15, 0.2) is 5.60 Å². The summed E-state index contributed by atoms with van der Waals surface area (Å²) in [6, 6.07) is 18.9. The summed E-state index contributed by atoms with van der Waals surface area (Å²) in [5.41, 5.74) is 5.37. The van der Waals surface area contributed by atoms with Crippen LogP contribution < -0.4 is 14.8 Å². The zero-order valence-corrected chi connectivity index (χ0v) is 34.4. The number of piperazine rings is 1. The molecule has 1 saturated heterocycles. The molecule has 53 heavy (non-hydrogen) atoms. The predicted octanol–water partition coefficient (Wildman–Crippen LogP) is 9.42. The van der Waals surface area contributed by atoms with Crippen molar-refractivity contribution in [3.05, 3.63) is 99.1 Å². The van der Waals surface area contributed by atoms with Crippen molar-refractivity contribution < 1.29 is 23.8 Å². The first-order valence-corrected chi connectivity index (χ1v) is 19.2. The molecule has 3 aromatic carbocycles. The number of fused-ring (bicyclic) bond motifs is 2. The van der Waals surface area contributed by atoms with Gasteiger partial charge in [-0.2, -0.15) is 0 Å². The first kappa shape index (κ1) is 41.3. The third-order valence-corrected chi connectivity index (χ3v) is 11.9. The standard InChI is InChI=1S/C40H45Cl4N3O5.ClH/c1-24-8-6-7-9-28(24)23-46(29-12-13-29)37(48)36-32(20-30-21-45-22-34(36)47(30)38(49)52-39(4,5)40(42,43)44)27-10-14-31(15-11-27)50-16-17-51-35-19-26(3)25(2)18-33(35)41;/h6-11,14-15,18-19,29-30,34,45H,12-13,16-17,20-23H2,1-5H3;1H. The molecule has 0 radical (unpaired) electrons. The summed E-state index contributed by atoms with van der Waals surface area (Å²) >= 11 is 25.0. The highest BCUT2D eigenvalue weighted by Gasteiger charge is 2.50. The monoisotopic (exact) mass is 823 g/mol. The van der Waals surface area contributed by atoms with E-state index in [0.717, 1.165) is 46.2 Å². The van der Waals surface area contributed by atoms with Crippen LogP contribution in [-0.2, 0) is 16.1 Å². The maximum absolute atomic E-state index is 15.0. The molecule has 1 saturated carbocycles. The van der Waals surface area contributed by atoms with Crippen molar-refractivity contribution >= 4 is 76.4 Å². The van der Waals surface area contributed by atoms with Crippen LogP contribution in [0.3, 0.4) is 0 Å².